The van der Waals surface area contributed by atoms with E-state index in [1.165, 1.54) is 13.0 Å². The minimum atomic E-state index is -3.05. The van der Waals surface area contributed by atoms with Crippen LogP contribution in [0.15, 0.2) is 12.1 Å². The van der Waals surface area contributed by atoms with Crippen LogP contribution in [0.2, 0.25) is 0 Å². The van der Waals surface area contributed by atoms with Crippen LogP contribution in [0.3, 0.4) is 0 Å². The second-order valence-electron chi connectivity index (χ2n) is 5.30. The third-order valence-corrected chi connectivity index (χ3v) is 5.60. The van der Waals surface area contributed by atoms with Gasteiger partial charge in [-0.05, 0) is 31.4 Å². The summed E-state index contributed by atoms with van der Waals surface area (Å²) in [6.07, 6.45) is 0.481. The Morgan fingerprint density at radius 1 is 1.35 bits per heavy atom. The molecule has 20 heavy (non-hydrogen) atoms. The van der Waals surface area contributed by atoms with E-state index in [1.54, 1.807) is 6.07 Å². The highest BCUT2D eigenvalue weighted by Gasteiger charge is 2.35. The molecule has 0 saturated carbocycles. The first kappa shape index (κ1) is 15.4. The molecule has 1 N–H and O–H groups in total. The van der Waals surface area contributed by atoms with Gasteiger partial charge in [0.15, 0.2) is 21.5 Å². The SMILES string of the molecule is CCNC(c1ccc(C)c(F)c1F)C1CCS(=O)(=O)C1. The van der Waals surface area contributed by atoms with Crippen LogP contribution < -0.4 is 5.32 Å². The van der Waals surface area contributed by atoms with Crippen LogP contribution in [0.5, 0.6) is 0 Å². The number of halogens is 2. The standard InChI is InChI=1S/C14H19F2NO2S/c1-3-17-14(10-6-7-20(18,19)8-10)11-5-4-9(2)12(15)13(11)16/h4-5,10,14,17H,3,6-8H2,1-2H3. The van der Waals surface area contributed by atoms with Crippen molar-refractivity contribution in [1.82, 2.24) is 5.32 Å². The van der Waals surface area contributed by atoms with E-state index >= 15 is 0 Å². The molecule has 6 heteroatoms. The van der Waals surface area contributed by atoms with Crippen molar-refractivity contribution in [2.45, 2.75) is 26.3 Å². The van der Waals surface area contributed by atoms with E-state index in [1.807, 2.05) is 6.92 Å². The fourth-order valence-corrected chi connectivity index (χ4v) is 4.58. The number of benzene rings is 1. The molecule has 0 bridgehead atoms. The summed E-state index contributed by atoms with van der Waals surface area (Å²) in [5.41, 5.74) is 0.470. The zero-order valence-corrected chi connectivity index (χ0v) is 12.4. The van der Waals surface area contributed by atoms with Crippen LogP contribution in [-0.2, 0) is 9.84 Å². The summed E-state index contributed by atoms with van der Waals surface area (Å²) in [6, 6.07) is 2.61. The van der Waals surface area contributed by atoms with Crippen LogP contribution >= 0.6 is 0 Å². The Morgan fingerprint density at radius 2 is 2.05 bits per heavy atom. The van der Waals surface area contributed by atoms with Gasteiger partial charge in [-0.25, -0.2) is 17.2 Å². The summed E-state index contributed by atoms with van der Waals surface area (Å²) >= 11 is 0. The number of rotatable bonds is 4. The lowest BCUT2D eigenvalue weighted by molar-refractivity contribution is 0.377. The van der Waals surface area contributed by atoms with Crippen molar-refractivity contribution in [3.8, 4) is 0 Å². The summed E-state index contributed by atoms with van der Waals surface area (Å²) in [7, 11) is -3.05. The molecule has 2 rings (SSSR count). The Bertz CT molecular complexity index is 601. The van der Waals surface area contributed by atoms with Gasteiger partial charge in [0, 0.05) is 11.6 Å². The molecule has 0 amide bonds. The van der Waals surface area contributed by atoms with Crippen molar-refractivity contribution in [1.29, 1.82) is 0 Å². The van der Waals surface area contributed by atoms with E-state index in [2.05, 4.69) is 5.32 Å². The highest BCUT2D eigenvalue weighted by Crippen LogP contribution is 2.33. The summed E-state index contributed by atoms with van der Waals surface area (Å²) in [6.45, 7) is 3.93. The highest BCUT2D eigenvalue weighted by atomic mass is 32.2. The smallest absolute Gasteiger partial charge is 0.163 e. The molecule has 0 aliphatic carbocycles. The van der Waals surface area contributed by atoms with E-state index in [9.17, 15) is 17.2 Å². The van der Waals surface area contributed by atoms with Crippen molar-refractivity contribution in [3.63, 3.8) is 0 Å². The lowest BCUT2D eigenvalue weighted by Gasteiger charge is -2.24. The molecule has 0 radical (unpaired) electrons. The second-order valence-corrected chi connectivity index (χ2v) is 7.53. The molecule has 3 nitrogen and oxygen atoms in total. The fraction of sp³-hybridized carbons (Fsp3) is 0.571. The van der Waals surface area contributed by atoms with Gasteiger partial charge < -0.3 is 5.32 Å². The molecule has 1 heterocycles. The Balaban J connectivity index is 2.37. The second kappa shape index (κ2) is 5.77. The number of hydrogen-bond acceptors (Lipinski definition) is 3. The van der Waals surface area contributed by atoms with Gasteiger partial charge in [0.2, 0.25) is 0 Å². The number of hydrogen-bond donors (Lipinski definition) is 1. The summed E-state index contributed by atoms with van der Waals surface area (Å²) < 4.78 is 51.0. The van der Waals surface area contributed by atoms with Gasteiger partial charge in [0.1, 0.15) is 0 Å². The zero-order valence-electron chi connectivity index (χ0n) is 11.6. The Labute approximate surface area is 118 Å². The largest absolute Gasteiger partial charge is 0.310 e. The minimum absolute atomic E-state index is 0.0274. The first-order chi connectivity index (χ1) is 9.35. The van der Waals surface area contributed by atoms with Crippen molar-refractivity contribution in [2.24, 2.45) is 5.92 Å². The van der Waals surface area contributed by atoms with E-state index in [4.69, 9.17) is 0 Å². The monoisotopic (exact) mass is 303 g/mol. The maximum Gasteiger partial charge on any atom is 0.163 e. The average Bonchev–Trinajstić information content (AvgIpc) is 2.74. The average molecular weight is 303 g/mol. The van der Waals surface area contributed by atoms with Gasteiger partial charge in [0.25, 0.3) is 0 Å². The Hall–Kier alpha value is -1.01. The van der Waals surface area contributed by atoms with E-state index in [0.29, 0.717) is 13.0 Å². The molecular weight excluding hydrogens is 284 g/mol. The van der Waals surface area contributed by atoms with Gasteiger partial charge in [-0.3, -0.25) is 0 Å². The van der Waals surface area contributed by atoms with Gasteiger partial charge in [-0.1, -0.05) is 19.1 Å². The van der Waals surface area contributed by atoms with Gasteiger partial charge >= 0.3 is 0 Å². The summed E-state index contributed by atoms with van der Waals surface area (Å²) in [5, 5.41) is 3.10. The number of nitrogens with one attached hydrogen (secondary N) is 1. The van der Waals surface area contributed by atoms with Crippen molar-refractivity contribution in [2.75, 3.05) is 18.1 Å². The summed E-state index contributed by atoms with van der Waals surface area (Å²) in [4.78, 5) is 0. The third kappa shape index (κ3) is 3.01. The molecule has 0 spiro atoms. The molecular formula is C14H19F2NO2S. The van der Waals surface area contributed by atoms with Crippen molar-refractivity contribution in [3.05, 3.63) is 34.9 Å². The minimum Gasteiger partial charge on any atom is -0.310 e. The van der Waals surface area contributed by atoms with Crippen LogP contribution in [0.1, 0.15) is 30.5 Å². The fourth-order valence-electron chi connectivity index (χ4n) is 2.74. The van der Waals surface area contributed by atoms with Crippen LogP contribution in [-0.4, -0.2) is 26.5 Å². The predicted octanol–water partition coefficient (Wildman–Crippen LogP) is 2.36. The molecule has 1 aliphatic heterocycles. The molecule has 1 fully saturated rings. The van der Waals surface area contributed by atoms with Gasteiger partial charge in [0.05, 0.1) is 11.5 Å². The van der Waals surface area contributed by atoms with E-state index in [-0.39, 0.29) is 28.6 Å². The van der Waals surface area contributed by atoms with Gasteiger partial charge in [-0.15, -0.1) is 0 Å². The molecule has 1 aromatic rings. The highest BCUT2D eigenvalue weighted by molar-refractivity contribution is 7.91. The van der Waals surface area contributed by atoms with Gasteiger partial charge in [-0.2, -0.15) is 0 Å². The predicted molar refractivity (Wildman–Crippen MR) is 74.3 cm³/mol. The Morgan fingerprint density at radius 3 is 2.60 bits per heavy atom. The molecule has 1 aliphatic rings. The third-order valence-electron chi connectivity index (χ3n) is 3.80. The molecule has 112 valence electrons. The Kier molecular flexibility index (Phi) is 4.44. The van der Waals surface area contributed by atoms with E-state index < -0.39 is 27.5 Å². The van der Waals surface area contributed by atoms with E-state index in [0.717, 1.165) is 0 Å². The quantitative estimate of drug-likeness (QED) is 0.929. The molecule has 2 atom stereocenters. The van der Waals surface area contributed by atoms with Crippen molar-refractivity contribution < 1.29 is 17.2 Å². The molecule has 1 aromatic carbocycles. The maximum absolute atomic E-state index is 14.1. The van der Waals surface area contributed by atoms with Crippen LogP contribution in [0.4, 0.5) is 8.78 Å². The number of aryl methyl sites for hydroxylation is 1. The first-order valence-electron chi connectivity index (χ1n) is 6.74. The molecule has 2 unspecified atom stereocenters. The summed E-state index contributed by atoms with van der Waals surface area (Å²) in [5.74, 6) is -1.79. The molecule has 1 saturated heterocycles. The lowest BCUT2D eigenvalue weighted by atomic mass is 9.91. The first-order valence-corrected chi connectivity index (χ1v) is 8.56. The normalized spacial score (nSPS) is 22.9. The van der Waals surface area contributed by atoms with Crippen LogP contribution in [0, 0.1) is 24.5 Å². The maximum atomic E-state index is 14.1. The lowest BCUT2D eigenvalue weighted by Crippen LogP contribution is -2.30. The molecule has 0 aromatic heterocycles. The van der Waals surface area contributed by atoms with Crippen LogP contribution in [0.25, 0.3) is 0 Å². The van der Waals surface area contributed by atoms with Crippen molar-refractivity contribution >= 4 is 9.84 Å². The zero-order chi connectivity index (χ0) is 14.9. The number of sulfone groups is 1. The topological polar surface area (TPSA) is 46.2 Å².